The molecular formula is C11H16N4O2S. The monoisotopic (exact) mass is 268 g/mol. The number of hydrogen-bond donors (Lipinski definition) is 1. The normalized spacial score (nSPS) is 13.1. The Morgan fingerprint density at radius 1 is 1.61 bits per heavy atom. The minimum Gasteiger partial charge on any atom is -0.373 e. The van der Waals surface area contributed by atoms with Gasteiger partial charge < -0.3 is 5.32 Å². The van der Waals surface area contributed by atoms with E-state index in [2.05, 4.69) is 10.3 Å². The first-order valence-corrected chi connectivity index (χ1v) is 6.86. The van der Waals surface area contributed by atoms with Crippen molar-refractivity contribution in [3.63, 3.8) is 0 Å². The van der Waals surface area contributed by atoms with Crippen molar-refractivity contribution in [2.45, 2.75) is 24.3 Å². The molecule has 1 rings (SSSR count). The van der Waals surface area contributed by atoms with Crippen LogP contribution in [-0.4, -0.2) is 37.8 Å². The number of anilines is 1. The second kappa shape index (κ2) is 5.80. The molecule has 0 saturated heterocycles. The van der Waals surface area contributed by atoms with Crippen LogP contribution in [0.5, 0.6) is 0 Å². The first kappa shape index (κ1) is 14.4. The van der Waals surface area contributed by atoms with E-state index in [-0.39, 0.29) is 17.4 Å². The molecule has 1 aromatic heterocycles. The van der Waals surface area contributed by atoms with Crippen molar-refractivity contribution in [1.29, 1.82) is 5.26 Å². The second-order valence-corrected chi connectivity index (χ2v) is 5.86. The highest BCUT2D eigenvalue weighted by atomic mass is 32.2. The van der Waals surface area contributed by atoms with Crippen LogP contribution >= 0.6 is 0 Å². The molecule has 1 N–H and O–H groups in total. The summed E-state index contributed by atoms with van der Waals surface area (Å²) < 4.78 is 25.8. The van der Waals surface area contributed by atoms with Crippen molar-refractivity contribution in [1.82, 2.24) is 9.29 Å². The third kappa shape index (κ3) is 2.97. The molecule has 6 nitrogen and oxygen atoms in total. The van der Waals surface area contributed by atoms with Gasteiger partial charge in [0.15, 0.2) is 0 Å². The molecule has 1 aromatic rings. The van der Waals surface area contributed by atoms with Crippen LogP contribution in [0.15, 0.2) is 23.2 Å². The summed E-state index contributed by atoms with van der Waals surface area (Å²) in [6.07, 6.45) is 1.58. The molecule has 0 saturated carbocycles. The Morgan fingerprint density at radius 3 is 2.83 bits per heavy atom. The van der Waals surface area contributed by atoms with Gasteiger partial charge in [-0.2, -0.15) is 9.57 Å². The molecule has 18 heavy (non-hydrogen) atoms. The van der Waals surface area contributed by atoms with Crippen molar-refractivity contribution in [2.75, 3.05) is 19.4 Å². The van der Waals surface area contributed by atoms with Gasteiger partial charge in [0.2, 0.25) is 10.0 Å². The summed E-state index contributed by atoms with van der Waals surface area (Å²) in [5, 5.41) is 11.4. The lowest BCUT2D eigenvalue weighted by molar-refractivity contribution is 0.393. The number of hydrogen-bond acceptors (Lipinski definition) is 5. The van der Waals surface area contributed by atoms with Gasteiger partial charge in [-0.05, 0) is 13.0 Å². The minimum atomic E-state index is -3.59. The zero-order valence-corrected chi connectivity index (χ0v) is 11.4. The molecular weight excluding hydrogens is 252 g/mol. The van der Waals surface area contributed by atoms with Crippen molar-refractivity contribution >= 4 is 15.8 Å². The number of nitriles is 1. The molecule has 0 radical (unpaired) electrons. The van der Waals surface area contributed by atoms with Crippen LogP contribution in [-0.2, 0) is 10.0 Å². The Hall–Kier alpha value is -1.65. The number of nitrogens with one attached hydrogen (secondary N) is 1. The summed E-state index contributed by atoms with van der Waals surface area (Å²) in [5.41, 5.74) is 0. The van der Waals surface area contributed by atoms with E-state index >= 15 is 0 Å². The molecule has 7 heteroatoms. The highest BCUT2D eigenvalue weighted by Crippen LogP contribution is 2.19. The molecule has 0 fully saturated rings. The molecule has 0 aromatic carbocycles. The first-order valence-electron chi connectivity index (χ1n) is 5.42. The van der Waals surface area contributed by atoms with Crippen molar-refractivity contribution in [2.24, 2.45) is 0 Å². The highest BCUT2D eigenvalue weighted by molar-refractivity contribution is 7.89. The van der Waals surface area contributed by atoms with Crippen molar-refractivity contribution in [3.05, 3.63) is 18.3 Å². The molecule has 0 aliphatic rings. The lowest BCUT2D eigenvalue weighted by Gasteiger charge is -2.22. The minimum absolute atomic E-state index is 0.152. The van der Waals surface area contributed by atoms with E-state index in [1.54, 1.807) is 14.0 Å². The van der Waals surface area contributed by atoms with Crippen molar-refractivity contribution < 1.29 is 8.42 Å². The van der Waals surface area contributed by atoms with Gasteiger partial charge in [0.1, 0.15) is 5.82 Å². The lowest BCUT2D eigenvalue weighted by Crippen LogP contribution is -2.34. The summed E-state index contributed by atoms with van der Waals surface area (Å²) in [6.45, 7) is 1.70. The van der Waals surface area contributed by atoms with E-state index in [1.807, 2.05) is 6.07 Å². The summed E-state index contributed by atoms with van der Waals surface area (Å²) in [5.74, 6) is 0.484. The number of pyridine rings is 1. The summed E-state index contributed by atoms with van der Waals surface area (Å²) >= 11 is 0. The van der Waals surface area contributed by atoms with Gasteiger partial charge in [0.25, 0.3) is 0 Å². The van der Waals surface area contributed by atoms with Crippen LogP contribution in [0, 0.1) is 11.3 Å². The van der Waals surface area contributed by atoms with E-state index in [4.69, 9.17) is 5.26 Å². The summed E-state index contributed by atoms with van der Waals surface area (Å²) in [6, 6.07) is 4.49. The van der Waals surface area contributed by atoms with Crippen molar-refractivity contribution in [3.8, 4) is 6.07 Å². The molecule has 0 spiro atoms. The molecule has 0 bridgehead atoms. The predicted octanol–water partition coefficient (Wildman–Crippen LogP) is 1.05. The average molecular weight is 268 g/mol. The Bertz CT molecular complexity index is 550. The quantitative estimate of drug-likeness (QED) is 0.862. The van der Waals surface area contributed by atoms with Crippen LogP contribution in [0.25, 0.3) is 0 Å². The zero-order chi connectivity index (χ0) is 13.8. The van der Waals surface area contributed by atoms with E-state index in [1.165, 1.54) is 29.7 Å². The third-order valence-electron chi connectivity index (χ3n) is 2.67. The maximum atomic E-state index is 12.3. The number of aromatic nitrogens is 1. The molecule has 0 aliphatic carbocycles. The maximum Gasteiger partial charge on any atom is 0.243 e. The van der Waals surface area contributed by atoms with Crippen LogP contribution < -0.4 is 5.32 Å². The van der Waals surface area contributed by atoms with Gasteiger partial charge in [-0.3, -0.25) is 0 Å². The fourth-order valence-electron chi connectivity index (χ4n) is 1.37. The summed E-state index contributed by atoms with van der Waals surface area (Å²) in [7, 11) is -0.454. The number of nitrogens with zero attached hydrogens (tertiary/aromatic N) is 3. The third-order valence-corrected chi connectivity index (χ3v) is 4.64. The Balaban J connectivity index is 3.09. The van der Waals surface area contributed by atoms with Crippen LogP contribution in [0.1, 0.15) is 13.3 Å². The van der Waals surface area contributed by atoms with E-state index in [9.17, 15) is 8.42 Å². The fraction of sp³-hybridized carbons (Fsp3) is 0.455. The standard InChI is InChI=1S/C11H16N4O2S/c1-9(4-6-12)15(3)18(16,17)10-5-7-14-11(8-10)13-2/h5,7-9H,4H2,1-3H3,(H,13,14). The maximum absolute atomic E-state index is 12.3. The number of sulfonamides is 1. The molecule has 1 atom stereocenters. The Morgan fingerprint density at radius 2 is 2.28 bits per heavy atom. The topological polar surface area (TPSA) is 86.1 Å². The van der Waals surface area contributed by atoms with E-state index in [0.717, 1.165) is 0 Å². The second-order valence-electron chi connectivity index (χ2n) is 3.86. The van der Waals surface area contributed by atoms with E-state index < -0.39 is 10.0 Å². The molecule has 98 valence electrons. The van der Waals surface area contributed by atoms with Gasteiger partial charge in [-0.15, -0.1) is 0 Å². The SMILES string of the molecule is CNc1cc(S(=O)(=O)N(C)C(C)CC#N)ccn1. The van der Waals surface area contributed by atoms with Gasteiger partial charge in [0, 0.05) is 32.4 Å². The predicted molar refractivity (Wildman–Crippen MR) is 68.4 cm³/mol. The fourth-order valence-corrected chi connectivity index (χ4v) is 2.75. The van der Waals surface area contributed by atoms with Crippen LogP contribution in [0.3, 0.4) is 0 Å². The van der Waals surface area contributed by atoms with Crippen LogP contribution in [0.2, 0.25) is 0 Å². The largest absolute Gasteiger partial charge is 0.373 e. The van der Waals surface area contributed by atoms with E-state index in [0.29, 0.717) is 5.82 Å². The lowest BCUT2D eigenvalue weighted by atomic mass is 10.3. The van der Waals surface area contributed by atoms with Gasteiger partial charge in [0.05, 0.1) is 17.4 Å². The highest BCUT2D eigenvalue weighted by Gasteiger charge is 2.25. The Labute approximate surface area is 107 Å². The van der Waals surface area contributed by atoms with Gasteiger partial charge in [-0.25, -0.2) is 13.4 Å². The number of rotatable bonds is 5. The molecule has 0 amide bonds. The molecule has 1 heterocycles. The average Bonchev–Trinajstić information content (AvgIpc) is 2.38. The Kier molecular flexibility index (Phi) is 4.64. The summed E-state index contributed by atoms with van der Waals surface area (Å²) in [4.78, 5) is 4.13. The zero-order valence-electron chi connectivity index (χ0n) is 10.6. The van der Waals surface area contributed by atoms with Gasteiger partial charge in [-0.1, -0.05) is 0 Å². The first-order chi connectivity index (χ1) is 8.43. The molecule has 0 aliphatic heterocycles. The molecule has 1 unspecified atom stereocenters. The smallest absolute Gasteiger partial charge is 0.243 e. The van der Waals surface area contributed by atoms with Gasteiger partial charge >= 0.3 is 0 Å². The van der Waals surface area contributed by atoms with Crippen LogP contribution in [0.4, 0.5) is 5.82 Å².